The molecular formula is C19H19CuPSi+. The Morgan fingerprint density at radius 2 is 1.09 bits per heavy atom. The van der Waals surface area contributed by atoms with Gasteiger partial charge >= 0.3 is 0 Å². The Balaban J connectivity index is 0.00000176. The molecule has 0 unspecified atom stereocenters. The van der Waals surface area contributed by atoms with Crippen LogP contribution in [0, 0.1) is 0 Å². The molecule has 3 rings (SSSR count). The van der Waals surface area contributed by atoms with Crippen LogP contribution in [-0.2, 0) is 23.2 Å². The minimum Gasteiger partial charge on any atom is -0.0636 e. The van der Waals surface area contributed by atoms with Gasteiger partial charge in [0.15, 0.2) is 0 Å². The summed E-state index contributed by atoms with van der Waals surface area (Å²) in [4.78, 5) is 0. The predicted octanol–water partition coefficient (Wildman–Crippen LogP) is 2.31. The smallest absolute Gasteiger partial charge is 0.0636 e. The molecule has 0 aliphatic heterocycles. The number of benzene rings is 3. The second-order valence-electron chi connectivity index (χ2n) is 5.16. The van der Waals surface area contributed by atoms with Gasteiger partial charge in [0.05, 0.1) is 24.7 Å². The Morgan fingerprint density at radius 1 is 0.636 bits per heavy atom. The molecule has 22 heavy (non-hydrogen) atoms. The first kappa shape index (κ1) is 17.2. The van der Waals surface area contributed by atoms with Crippen molar-refractivity contribution in [3.8, 4) is 0 Å². The molecule has 0 spiro atoms. The Kier molecular flexibility index (Phi) is 6.61. The summed E-state index contributed by atoms with van der Waals surface area (Å²) >= 11 is 0. The summed E-state index contributed by atoms with van der Waals surface area (Å²) in [6.07, 6.45) is 1.15. The van der Waals surface area contributed by atoms with E-state index in [1.807, 2.05) is 10.2 Å². The maximum atomic E-state index is 2.28. The third-order valence-corrected chi connectivity index (χ3v) is 7.21. The molecule has 0 saturated heterocycles. The third kappa shape index (κ3) is 4.18. The SMILES string of the molecule is [Cu].[SiH2]c1ccccc1C[PH+](c1ccccc1)c1ccccc1. The largest absolute Gasteiger partial charge is 0.0970 e. The van der Waals surface area contributed by atoms with E-state index in [0.717, 1.165) is 6.16 Å². The second kappa shape index (κ2) is 8.46. The first-order chi connectivity index (χ1) is 10.3. The summed E-state index contributed by atoms with van der Waals surface area (Å²) in [5.74, 6) is 0. The topological polar surface area (TPSA) is 0 Å². The fourth-order valence-corrected chi connectivity index (χ4v) is 5.86. The minimum atomic E-state index is -0.770. The van der Waals surface area contributed by atoms with Gasteiger partial charge in [-0.3, -0.25) is 0 Å². The quantitative estimate of drug-likeness (QED) is 0.489. The Bertz CT molecular complexity index is 661. The van der Waals surface area contributed by atoms with E-state index in [0.29, 0.717) is 0 Å². The summed E-state index contributed by atoms with van der Waals surface area (Å²) in [6, 6.07) is 30.7. The van der Waals surface area contributed by atoms with Gasteiger partial charge in [-0.25, -0.2) is 0 Å². The summed E-state index contributed by atoms with van der Waals surface area (Å²) < 4.78 is 0. The van der Waals surface area contributed by atoms with Crippen LogP contribution >= 0.6 is 7.92 Å². The molecule has 0 aliphatic rings. The van der Waals surface area contributed by atoms with Crippen LogP contribution in [0.5, 0.6) is 0 Å². The fourth-order valence-electron chi connectivity index (χ4n) is 2.57. The van der Waals surface area contributed by atoms with Crippen LogP contribution in [0.15, 0.2) is 84.9 Å². The Morgan fingerprint density at radius 3 is 1.59 bits per heavy atom. The first-order valence-electron chi connectivity index (χ1n) is 7.21. The molecule has 0 amide bonds. The van der Waals surface area contributed by atoms with E-state index < -0.39 is 7.92 Å². The summed E-state index contributed by atoms with van der Waals surface area (Å²) in [5, 5.41) is 4.40. The van der Waals surface area contributed by atoms with E-state index in [1.54, 1.807) is 0 Å². The molecule has 3 heteroatoms. The predicted molar refractivity (Wildman–Crippen MR) is 98.8 cm³/mol. The van der Waals surface area contributed by atoms with E-state index in [9.17, 15) is 0 Å². The zero-order valence-corrected chi connectivity index (χ0v) is 15.7. The maximum absolute atomic E-state index is 2.28. The van der Waals surface area contributed by atoms with Crippen molar-refractivity contribution in [1.82, 2.24) is 0 Å². The van der Waals surface area contributed by atoms with E-state index in [1.165, 1.54) is 21.4 Å². The van der Waals surface area contributed by atoms with Crippen molar-refractivity contribution >= 4 is 34.0 Å². The average molecular weight is 370 g/mol. The number of hydrogen-bond donors (Lipinski definition) is 0. The standard InChI is InChI=1S/C19H18PSi.Cu/c21-19-14-8-7-9-16(19)15-20(17-10-3-1-4-11-17)18-12-5-2-6-13-18;/h1-14H,15,21H2;/p+1. The van der Waals surface area contributed by atoms with Gasteiger partial charge in [-0.1, -0.05) is 65.9 Å². The van der Waals surface area contributed by atoms with Crippen LogP contribution in [0.2, 0.25) is 0 Å². The van der Waals surface area contributed by atoms with Crippen LogP contribution in [0.25, 0.3) is 0 Å². The van der Waals surface area contributed by atoms with Gasteiger partial charge in [0.1, 0.15) is 0 Å². The van der Waals surface area contributed by atoms with Crippen molar-refractivity contribution in [2.75, 3.05) is 0 Å². The minimum absolute atomic E-state index is 0. The zero-order valence-electron chi connectivity index (χ0n) is 12.3. The Hall–Kier alpha value is -1.17. The normalized spacial score (nSPS) is 10.3. The fraction of sp³-hybridized carbons (Fsp3) is 0.0526. The van der Waals surface area contributed by atoms with Crippen molar-refractivity contribution in [2.24, 2.45) is 0 Å². The molecule has 2 radical (unpaired) electrons. The van der Waals surface area contributed by atoms with Crippen LogP contribution in [-0.4, -0.2) is 10.2 Å². The molecule has 3 aromatic rings. The molecule has 0 heterocycles. The van der Waals surface area contributed by atoms with Crippen molar-refractivity contribution < 1.29 is 17.1 Å². The van der Waals surface area contributed by atoms with Crippen molar-refractivity contribution in [3.63, 3.8) is 0 Å². The molecule has 3 aromatic carbocycles. The van der Waals surface area contributed by atoms with Gasteiger partial charge in [-0.05, 0) is 29.8 Å². The van der Waals surface area contributed by atoms with Gasteiger partial charge in [-0.2, -0.15) is 0 Å². The van der Waals surface area contributed by atoms with Gasteiger partial charge in [0.2, 0.25) is 0 Å². The second-order valence-corrected chi connectivity index (χ2v) is 8.38. The molecule has 0 nitrogen and oxygen atoms in total. The van der Waals surface area contributed by atoms with Crippen molar-refractivity contribution in [2.45, 2.75) is 6.16 Å². The van der Waals surface area contributed by atoms with Crippen LogP contribution in [0.1, 0.15) is 5.56 Å². The van der Waals surface area contributed by atoms with E-state index >= 15 is 0 Å². The summed E-state index contributed by atoms with van der Waals surface area (Å²) in [6.45, 7) is 0. The molecule has 0 aromatic heterocycles. The van der Waals surface area contributed by atoms with E-state index in [-0.39, 0.29) is 17.1 Å². The van der Waals surface area contributed by atoms with Crippen LogP contribution in [0.3, 0.4) is 0 Å². The zero-order chi connectivity index (χ0) is 14.5. The van der Waals surface area contributed by atoms with Crippen molar-refractivity contribution in [1.29, 1.82) is 0 Å². The Labute approximate surface area is 147 Å². The average Bonchev–Trinajstić information content (AvgIpc) is 2.56. The van der Waals surface area contributed by atoms with Gasteiger partial charge in [0.25, 0.3) is 0 Å². The van der Waals surface area contributed by atoms with E-state index in [4.69, 9.17) is 0 Å². The summed E-state index contributed by atoms with van der Waals surface area (Å²) in [5.41, 5.74) is 1.48. The van der Waals surface area contributed by atoms with Crippen LogP contribution < -0.4 is 15.8 Å². The van der Waals surface area contributed by atoms with Crippen LogP contribution in [0.4, 0.5) is 0 Å². The van der Waals surface area contributed by atoms with Gasteiger partial charge in [-0.15, -0.1) is 0 Å². The molecule has 0 N–H and O–H groups in total. The number of rotatable bonds is 4. The monoisotopic (exact) mass is 369 g/mol. The molecule has 0 atom stereocenters. The molecule has 0 bridgehead atoms. The van der Waals surface area contributed by atoms with E-state index in [2.05, 4.69) is 84.9 Å². The maximum Gasteiger partial charge on any atom is 0.0970 e. The first-order valence-corrected chi connectivity index (χ1v) is 9.62. The molecular weight excluding hydrogens is 351 g/mol. The van der Waals surface area contributed by atoms with Gasteiger partial charge in [0, 0.05) is 27.3 Å². The number of hydrogen-bond acceptors (Lipinski definition) is 0. The molecule has 0 saturated carbocycles. The molecule has 0 aliphatic carbocycles. The van der Waals surface area contributed by atoms with Gasteiger partial charge < -0.3 is 0 Å². The third-order valence-electron chi connectivity index (χ3n) is 3.73. The summed E-state index contributed by atoms with van der Waals surface area (Å²) in [7, 11) is 1.23. The van der Waals surface area contributed by atoms with Crippen molar-refractivity contribution in [3.05, 3.63) is 90.5 Å². The molecule has 0 fully saturated rings. The molecule has 114 valence electrons.